The van der Waals surface area contributed by atoms with Gasteiger partial charge in [-0.15, -0.1) is 0 Å². The van der Waals surface area contributed by atoms with Crippen LogP contribution < -0.4 is 5.32 Å². The highest BCUT2D eigenvalue weighted by Crippen LogP contribution is 2.15. The fourth-order valence-electron chi connectivity index (χ4n) is 1.62. The van der Waals surface area contributed by atoms with E-state index in [9.17, 15) is 4.39 Å². The zero-order valence-corrected chi connectivity index (χ0v) is 10.3. The predicted octanol–water partition coefficient (Wildman–Crippen LogP) is 2.79. The molecule has 1 aromatic heterocycles. The number of aromatic nitrogens is 2. The summed E-state index contributed by atoms with van der Waals surface area (Å²) in [5.41, 5.74) is 3.68. The maximum Gasteiger partial charge on any atom is 0.128 e. The van der Waals surface area contributed by atoms with Gasteiger partial charge in [0.1, 0.15) is 5.82 Å². The van der Waals surface area contributed by atoms with E-state index < -0.39 is 0 Å². The van der Waals surface area contributed by atoms with Crippen LogP contribution in [0, 0.1) is 19.7 Å². The number of halogens is 1. The van der Waals surface area contributed by atoms with Gasteiger partial charge in [-0.25, -0.2) is 4.39 Å². The lowest BCUT2D eigenvalue weighted by atomic mass is 10.2. The summed E-state index contributed by atoms with van der Waals surface area (Å²) in [4.78, 5) is 0. The molecule has 17 heavy (non-hydrogen) atoms. The molecule has 0 atom stereocenters. The van der Waals surface area contributed by atoms with Gasteiger partial charge in [-0.3, -0.25) is 4.68 Å². The number of nitrogens with zero attached hydrogens (tertiary/aromatic N) is 2. The van der Waals surface area contributed by atoms with Crippen LogP contribution in [0.4, 0.5) is 10.1 Å². The van der Waals surface area contributed by atoms with Crippen molar-refractivity contribution in [2.75, 3.05) is 5.32 Å². The SMILES string of the molecule is Cc1ccc(NCc2cnn(C)c2C)cc1F. The zero-order chi connectivity index (χ0) is 12.4. The Morgan fingerprint density at radius 1 is 1.35 bits per heavy atom. The van der Waals surface area contributed by atoms with E-state index in [0.717, 1.165) is 16.9 Å². The molecular weight excluding hydrogens is 217 g/mol. The number of benzene rings is 1. The van der Waals surface area contributed by atoms with Crippen molar-refractivity contribution in [2.45, 2.75) is 20.4 Å². The molecule has 0 bridgehead atoms. The minimum atomic E-state index is -0.182. The highest BCUT2D eigenvalue weighted by atomic mass is 19.1. The van der Waals surface area contributed by atoms with Crippen molar-refractivity contribution in [3.8, 4) is 0 Å². The van der Waals surface area contributed by atoms with Gasteiger partial charge in [-0.1, -0.05) is 6.07 Å². The Balaban J connectivity index is 2.07. The van der Waals surface area contributed by atoms with Crippen LogP contribution in [-0.2, 0) is 13.6 Å². The maximum absolute atomic E-state index is 13.3. The van der Waals surface area contributed by atoms with E-state index >= 15 is 0 Å². The van der Waals surface area contributed by atoms with Gasteiger partial charge in [0.25, 0.3) is 0 Å². The number of hydrogen-bond donors (Lipinski definition) is 1. The Morgan fingerprint density at radius 2 is 2.12 bits per heavy atom. The van der Waals surface area contributed by atoms with Crippen molar-refractivity contribution < 1.29 is 4.39 Å². The standard InChI is InChI=1S/C13H16FN3/c1-9-4-5-12(6-13(9)14)15-7-11-8-16-17(3)10(11)2/h4-6,8,15H,7H2,1-3H3. The first-order chi connectivity index (χ1) is 8.08. The third-order valence-electron chi connectivity index (χ3n) is 2.99. The fraction of sp³-hybridized carbons (Fsp3) is 0.308. The molecule has 2 rings (SSSR count). The molecule has 3 nitrogen and oxygen atoms in total. The Labute approximate surface area is 100 Å². The van der Waals surface area contributed by atoms with Crippen molar-refractivity contribution in [3.05, 3.63) is 47.0 Å². The monoisotopic (exact) mass is 233 g/mol. The average Bonchev–Trinajstić information content (AvgIpc) is 2.62. The topological polar surface area (TPSA) is 29.9 Å². The molecule has 0 radical (unpaired) electrons. The van der Waals surface area contributed by atoms with Gasteiger partial charge in [0, 0.05) is 30.5 Å². The lowest BCUT2D eigenvalue weighted by Crippen LogP contribution is -2.02. The first-order valence-corrected chi connectivity index (χ1v) is 5.55. The van der Waals surface area contributed by atoms with Crippen LogP contribution in [0.2, 0.25) is 0 Å². The summed E-state index contributed by atoms with van der Waals surface area (Å²) >= 11 is 0. The van der Waals surface area contributed by atoms with Gasteiger partial charge in [0.2, 0.25) is 0 Å². The lowest BCUT2D eigenvalue weighted by molar-refractivity contribution is 0.619. The van der Waals surface area contributed by atoms with Crippen LogP contribution in [-0.4, -0.2) is 9.78 Å². The zero-order valence-electron chi connectivity index (χ0n) is 10.3. The molecule has 4 heteroatoms. The second kappa shape index (κ2) is 4.57. The van der Waals surface area contributed by atoms with Crippen LogP contribution in [0.5, 0.6) is 0 Å². The van der Waals surface area contributed by atoms with Crippen LogP contribution >= 0.6 is 0 Å². The molecule has 1 heterocycles. The van der Waals surface area contributed by atoms with E-state index in [4.69, 9.17) is 0 Å². The van der Waals surface area contributed by atoms with Crippen molar-refractivity contribution in [1.29, 1.82) is 0 Å². The Kier molecular flexibility index (Phi) is 3.13. The Hall–Kier alpha value is -1.84. The van der Waals surface area contributed by atoms with Crippen molar-refractivity contribution in [3.63, 3.8) is 0 Å². The van der Waals surface area contributed by atoms with Gasteiger partial charge in [-0.05, 0) is 31.5 Å². The highest BCUT2D eigenvalue weighted by Gasteiger charge is 2.04. The molecule has 90 valence electrons. The molecular formula is C13H16FN3. The van der Waals surface area contributed by atoms with E-state index in [0.29, 0.717) is 12.1 Å². The van der Waals surface area contributed by atoms with E-state index in [1.807, 2.05) is 30.9 Å². The Morgan fingerprint density at radius 3 is 2.71 bits per heavy atom. The molecule has 0 aliphatic carbocycles. The minimum Gasteiger partial charge on any atom is -0.381 e. The third-order valence-corrected chi connectivity index (χ3v) is 2.99. The van der Waals surface area contributed by atoms with E-state index in [1.165, 1.54) is 6.07 Å². The number of nitrogens with one attached hydrogen (secondary N) is 1. The number of aryl methyl sites for hydroxylation is 2. The second-order valence-electron chi connectivity index (χ2n) is 4.20. The molecule has 0 saturated heterocycles. The molecule has 1 N–H and O–H groups in total. The summed E-state index contributed by atoms with van der Waals surface area (Å²) in [7, 11) is 1.91. The van der Waals surface area contributed by atoms with Crippen LogP contribution in [0.1, 0.15) is 16.8 Å². The van der Waals surface area contributed by atoms with Gasteiger partial charge >= 0.3 is 0 Å². The predicted molar refractivity (Wildman–Crippen MR) is 66.4 cm³/mol. The first kappa shape index (κ1) is 11.6. The summed E-state index contributed by atoms with van der Waals surface area (Å²) in [6.07, 6.45) is 1.83. The summed E-state index contributed by atoms with van der Waals surface area (Å²) < 4.78 is 15.2. The number of anilines is 1. The molecule has 0 saturated carbocycles. The molecule has 0 amide bonds. The molecule has 1 aromatic carbocycles. The smallest absolute Gasteiger partial charge is 0.128 e. The summed E-state index contributed by atoms with van der Waals surface area (Å²) in [6.45, 7) is 4.42. The Bertz CT molecular complexity index is 531. The third kappa shape index (κ3) is 2.46. The van der Waals surface area contributed by atoms with E-state index in [2.05, 4.69) is 10.4 Å². The molecule has 0 spiro atoms. The van der Waals surface area contributed by atoms with Gasteiger partial charge in [0.15, 0.2) is 0 Å². The first-order valence-electron chi connectivity index (χ1n) is 5.55. The average molecular weight is 233 g/mol. The lowest BCUT2D eigenvalue weighted by Gasteiger charge is -2.07. The van der Waals surface area contributed by atoms with Crippen LogP contribution in [0.15, 0.2) is 24.4 Å². The van der Waals surface area contributed by atoms with Gasteiger partial charge < -0.3 is 5.32 Å². The van der Waals surface area contributed by atoms with Crippen molar-refractivity contribution in [2.24, 2.45) is 7.05 Å². The summed E-state index contributed by atoms with van der Waals surface area (Å²) in [6, 6.07) is 5.17. The number of rotatable bonds is 3. The van der Waals surface area contributed by atoms with E-state index in [1.54, 1.807) is 13.0 Å². The normalized spacial score (nSPS) is 10.6. The van der Waals surface area contributed by atoms with Gasteiger partial charge in [-0.2, -0.15) is 5.10 Å². The summed E-state index contributed by atoms with van der Waals surface area (Å²) in [5, 5.41) is 7.35. The van der Waals surface area contributed by atoms with Crippen molar-refractivity contribution >= 4 is 5.69 Å². The number of hydrogen-bond acceptors (Lipinski definition) is 2. The van der Waals surface area contributed by atoms with Crippen LogP contribution in [0.25, 0.3) is 0 Å². The minimum absolute atomic E-state index is 0.182. The van der Waals surface area contributed by atoms with Gasteiger partial charge in [0.05, 0.1) is 6.20 Å². The van der Waals surface area contributed by atoms with E-state index in [-0.39, 0.29) is 5.82 Å². The largest absolute Gasteiger partial charge is 0.381 e. The van der Waals surface area contributed by atoms with Crippen molar-refractivity contribution in [1.82, 2.24) is 9.78 Å². The maximum atomic E-state index is 13.3. The second-order valence-corrected chi connectivity index (χ2v) is 4.20. The quantitative estimate of drug-likeness (QED) is 0.883. The van der Waals surface area contributed by atoms with Crippen LogP contribution in [0.3, 0.4) is 0 Å². The fourth-order valence-corrected chi connectivity index (χ4v) is 1.62. The molecule has 0 aliphatic rings. The molecule has 0 aliphatic heterocycles. The highest BCUT2D eigenvalue weighted by molar-refractivity contribution is 5.45. The molecule has 2 aromatic rings. The summed E-state index contributed by atoms with van der Waals surface area (Å²) in [5.74, 6) is -0.182. The molecule has 0 unspecified atom stereocenters. The molecule has 0 fully saturated rings.